The number of carbonyl (C=O) groups is 1. The van der Waals surface area contributed by atoms with Crippen molar-refractivity contribution in [1.29, 1.82) is 0 Å². The van der Waals surface area contributed by atoms with E-state index >= 15 is 0 Å². The van der Waals surface area contributed by atoms with Crippen molar-refractivity contribution in [2.24, 2.45) is 0 Å². The lowest BCUT2D eigenvalue weighted by molar-refractivity contribution is 0.0696. The summed E-state index contributed by atoms with van der Waals surface area (Å²) >= 11 is 1.44. The van der Waals surface area contributed by atoms with Crippen molar-refractivity contribution in [3.63, 3.8) is 0 Å². The van der Waals surface area contributed by atoms with Crippen LogP contribution in [0.5, 0.6) is 0 Å². The molecule has 2 aromatic rings. The zero-order chi connectivity index (χ0) is 12.3. The quantitative estimate of drug-likeness (QED) is 0.921. The van der Waals surface area contributed by atoms with Crippen LogP contribution in [0.3, 0.4) is 0 Å². The van der Waals surface area contributed by atoms with E-state index in [0.29, 0.717) is 10.6 Å². The molecule has 88 valence electrons. The van der Waals surface area contributed by atoms with Crippen LogP contribution in [-0.2, 0) is 16.6 Å². The van der Waals surface area contributed by atoms with Gasteiger partial charge >= 0.3 is 5.97 Å². The van der Waals surface area contributed by atoms with Gasteiger partial charge in [0, 0.05) is 16.0 Å². The van der Waals surface area contributed by atoms with Crippen molar-refractivity contribution < 1.29 is 14.1 Å². The lowest BCUT2D eigenvalue weighted by atomic mass is 10.2. The normalized spacial score (nSPS) is 12.2. The van der Waals surface area contributed by atoms with E-state index in [4.69, 9.17) is 5.11 Å². The second kappa shape index (κ2) is 5.20. The first-order valence-electron chi connectivity index (χ1n) is 4.76. The molecule has 0 saturated carbocycles. The highest BCUT2D eigenvalue weighted by molar-refractivity contribution is 7.84. The maximum absolute atomic E-state index is 12.0. The largest absolute Gasteiger partial charge is 0.478 e. The molecule has 0 radical (unpaired) electrons. The van der Waals surface area contributed by atoms with Crippen molar-refractivity contribution >= 4 is 28.1 Å². The molecule has 4 nitrogen and oxygen atoms in total. The predicted molar refractivity (Wildman–Crippen MR) is 65.6 cm³/mol. The van der Waals surface area contributed by atoms with Gasteiger partial charge in [0.2, 0.25) is 0 Å². The molecule has 0 aliphatic carbocycles. The third-order valence-corrected chi connectivity index (χ3v) is 4.42. The topological polar surface area (TPSA) is 67.3 Å². The number of aromatic nitrogens is 1. The van der Waals surface area contributed by atoms with Crippen molar-refractivity contribution in [1.82, 2.24) is 4.98 Å². The number of carboxylic acid groups (broad SMARTS) is 1. The zero-order valence-electron chi connectivity index (χ0n) is 8.70. The standard InChI is InChI=1S/C11H9NO3S2/c13-11(14)8-2-1-3-10(4-8)17(15)6-9-5-12-7-16-9/h1-5,7H,6H2,(H,13,14). The molecule has 0 fully saturated rings. The van der Waals surface area contributed by atoms with Crippen LogP contribution in [0.2, 0.25) is 0 Å². The smallest absolute Gasteiger partial charge is 0.335 e. The van der Waals surface area contributed by atoms with Crippen LogP contribution < -0.4 is 0 Å². The minimum absolute atomic E-state index is 0.153. The average Bonchev–Trinajstić information content (AvgIpc) is 2.82. The Morgan fingerprint density at radius 3 is 2.94 bits per heavy atom. The van der Waals surface area contributed by atoms with Gasteiger partial charge in [0.15, 0.2) is 0 Å². The fourth-order valence-electron chi connectivity index (χ4n) is 1.30. The van der Waals surface area contributed by atoms with Gasteiger partial charge in [-0.3, -0.25) is 9.19 Å². The number of nitrogens with zero attached hydrogens (tertiary/aromatic N) is 1. The maximum atomic E-state index is 12.0. The molecule has 6 heteroatoms. The lowest BCUT2D eigenvalue weighted by Gasteiger charge is -2.01. The second-order valence-corrected chi connectivity index (χ2v) is 5.71. The summed E-state index contributed by atoms with van der Waals surface area (Å²) in [5.74, 6) is -0.644. The summed E-state index contributed by atoms with van der Waals surface area (Å²) < 4.78 is 12.0. The number of benzene rings is 1. The van der Waals surface area contributed by atoms with E-state index in [-0.39, 0.29) is 5.56 Å². The Kier molecular flexibility index (Phi) is 3.65. The second-order valence-electron chi connectivity index (χ2n) is 3.29. The van der Waals surface area contributed by atoms with Crippen molar-refractivity contribution in [3.05, 3.63) is 46.4 Å². The maximum Gasteiger partial charge on any atom is 0.335 e. The lowest BCUT2D eigenvalue weighted by Crippen LogP contribution is -2.00. The third kappa shape index (κ3) is 2.98. The van der Waals surface area contributed by atoms with Crippen LogP contribution in [0.1, 0.15) is 15.2 Å². The van der Waals surface area contributed by atoms with Crippen LogP contribution in [0.4, 0.5) is 0 Å². The Morgan fingerprint density at radius 1 is 1.47 bits per heavy atom. The van der Waals surface area contributed by atoms with E-state index in [1.807, 2.05) is 0 Å². The molecule has 0 aliphatic heterocycles. The van der Waals surface area contributed by atoms with Crippen LogP contribution in [0, 0.1) is 0 Å². The highest BCUT2D eigenvalue weighted by Crippen LogP contribution is 2.16. The van der Waals surface area contributed by atoms with Gasteiger partial charge in [0.25, 0.3) is 0 Å². The molecule has 0 amide bonds. The molecule has 2 rings (SSSR count). The van der Waals surface area contributed by atoms with E-state index < -0.39 is 16.8 Å². The molecule has 1 aromatic carbocycles. The first-order valence-corrected chi connectivity index (χ1v) is 6.96. The monoisotopic (exact) mass is 267 g/mol. The number of aromatic carboxylic acids is 1. The number of hydrogen-bond donors (Lipinski definition) is 1. The first-order chi connectivity index (χ1) is 8.16. The molecular formula is C11H9NO3S2. The Balaban J connectivity index is 2.19. The van der Waals surface area contributed by atoms with E-state index in [1.54, 1.807) is 23.8 Å². The van der Waals surface area contributed by atoms with Gasteiger partial charge in [-0.2, -0.15) is 0 Å². The molecular weight excluding hydrogens is 258 g/mol. The summed E-state index contributed by atoms with van der Waals surface area (Å²) in [4.78, 5) is 16.1. The minimum atomic E-state index is -1.23. The molecule has 0 aliphatic rings. The zero-order valence-corrected chi connectivity index (χ0v) is 10.3. The molecule has 1 atom stereocenters. The van der Waals surface area contributed by atoms with Crippen LogP contribution in [0.15, 0.2) is 40.9 Å². The van der Waals surface area contributed by atoms with Crippen molar-refractivity contribution in [3.8, 4) is 0 Å². The van der Waals surface area contributed by atoms with Gasteiger partial charge in [0.1, 0.15) is 0 Å². The molecule has 0 spiro atoms. The van der Waals surface area contributed by atoms with E-state index in [0.717, 1.165) is 4.88 Å². The van der Waals surface area contributed by atoms with Gasteiger partial charge in [-0.1, -0.05) is 6.07 Å². The number of hydrogen-bond acceptors (Lipinski definition) is 4. The van der Waals surface area contributed by atoms with E-state index in [1.165, 1.54) is 23.5 Å². The average molecular weight is 267 g/mol. The SMILES string of the molecule is O=C(O)c1cccc(S(=O)Cc2cncs2)c1. The van der Waals surface area contributed by atoms with Crippen molar-refractivity contribution in [2.45, 2.75) is 10.6 Å². The van der Waals surface area contributed by atoms with E-state index in [2.05, 4.69) is 4.98 Å². The summed E-state index contributed by atoms with van der Waals surface area (Å²) in [5.41, 5.74) is 1.83. The van der Waals surface area contributed by atoms with Gasteiger partial charge in [-0.15, -0.1) is 11.3 Å². The highest BCUT2D eigenvalue weighted by atomic mass is 32.2. The summed E-state index contributed by atoms with van der Waals surface area (Å²) in [6, 6.07) is 6.20. The van der Waals surface area contributed by atoms with Gasteiger partial charge in [-0.25, -0.2) is 4.79 Å². The predicted octanol–water partition coefficient (Wildman–Crippen LogP) is 2.15. The Morgan fingerprint density at radius 2 is 2.29 bits per heavy atom. The summed E-state index contributed by atoms with van der Waals surface area (Å²) in [6.45, 7) is 0. The number of rotatable bonds is 4. The van der Waals surface area contributed by atoms with Gasteiger partial charge in [0.05, 0.1) is 27.6 Å². The van der Waals surface area contributed by atoms with Crippen LogP contribution in [-0.4, -0.2) is 20.3 Å². The van der Waals surface area contributed by atoms with Crippen molar-refractivity contribution in [2.75, 3.05) is 0 Å². The Hall–Kier alpha value is -1.53. The van der Waals surface area contributed by atoms with E-state index in [9.17, 15) is 9.00 Å². The third-order valence-electron chi connectivity index (χ3n) is 2.10. The number of carboxylic acids is 1. The fraction of sp³-hybridized carbons (Fsp3) is 0.0909. The van der Waals surface area contributed by atoms with Crippen LogP contribution in [0.25, 0.3) is 0 Å². The molecule has 1 heterocycles. The molecule has 1 unspecified atom stereocenters. The number of thiazole rings is 1. The summed E-state index contributed by atoms with van der Waals surface area (Å²) in [6.07, 6.45) is 1.67. The fourth-order valence-corrected chi connectivity index (χ4v) is 3.26. The summed E-state index contributed by atoms with van der Waals surface area (Å²) in [5, 5.41) is 8.84. The Labute approximate surface area is 104 Å². The molecule has 0 saturated heterocycles. The molecule has 1 N–H and O–H groups in total. The summed E-state index contributed by atoms with van der Waals surface area (Å²) in [7, 11) is -1.23. The minimum Gasteiger partial charge on any atom is -0.478 e. The van der Waals surface area contributed by atoms with Crippen LogP contribution >= 0.6 is 11.3 Å². The Bertz CT molecular complexity index is 552. The molecule has 17 heavy (non-hydrogen) atoms. The molecule has 0 bridgehead atoms. The first kappa shape index (κ1) is 11.9. The highest BCUT2D eigenvalue weighted by Gasteiger charge is 2.09. The molecule has 1 aromatic heterocycles. The van der Waals surface area contributed by atoms with Gasteiger partial charge in [-0.05, 0) is 18.2 Å². The van der Waals surface area contributed by atoms with Gasteiger partial charge < -0.3 is 5.11 Å².